The number of rotatable bonds is 7. The van der Waals surface area contributed by atoms with Crippen LogP contribution in [0.3, 0.4) is 0 Å². The number of ether oxygens (including phenoxy) is 2. The lowest BCUT2D eigenvalue weighted by molar-refractivity contribution is -0.0395. The lowest BCUT2D eigenvalue weighted by atomic mass is 10.2. The third-order valence-corrected chi connectivity index (χ3v) is 2.20. The van der Waals surface area contributed by atoms with Crippen LogP contribution in [0.5, 0.6) is 0 Å². The molecule has 1 aromatic rings. The van der Waals surface area contributed by atoms with Gasteiger partial charge in [0, 0.05) is 12.1 Å². The molecule has 0 unspecified atom stereocenters. The van der Waals surface area contributed by atoms with Crippen LogP contribution < -0.4 is 5.32 Å². The van der Waals surface area contributed by atoms with Gasteiger partial charge in [0.15, 0.2) is 0 Å². The van der Waals surface area contributed by atoms with Gasteiger partial charge in [-0.25, -0.2) is 0 Å². The molecule has 0 spiro atoms. The predicted octanol–water partition coefficient (Wildman–Crippen LogP) is 2.33. The zero-order chi connectivity index (χ0) is 12.7. The summed E-state index contributed by atoms with van der Waals surface area (Å²) in [5, 5.41) is 3.09. The van der Waals surface area contributed by atoms with Gasteiger partial charge in [0.05, 0.1) is 25.1 Å². The summed E-state index contributed by atoms with van der Waals surface area (Å²) in [7, 11) is 1.91. The summed E-state index contributed by atoms with van der Waals surface area (Å²) in [5.74, 6) is 0.884. The molecule has 4 heteroatoms. The molecule has 1 rings (SSSR count). The molecule has 4 nitrogen and oxygen atoms in total. The molecule has 1 aromatic heterocycles. The van der Waals surface area contributed by atoms with E-state index in [1.54, 1.807) is 6.26 Å². The highest BCUT2D eigenvalue weighted by Crippen LogP contribution is 2.12. The van der Waals surface area contributed by atoms with Crippen LogP contribution in [0.4, 0.5) is 0 Å². The summed E-state index contributed by atoms with van der Waals surface area (Å²) in [6, 6.07) is 1.96. The molecule has 0 saturated heterocycles. The average molecular weight is 241 g/mol. The van der Waals surface area contributed by atoms with Gasteiger partial charge in [-0.05, 0) is 33.9 Å². The van der Waals surface area contributed by atoms with Crippen LogP contribution in [-0.4, -0.2) is 25.9 Å². The van der Waals surface area contributed by atoms with Gasteiger partial charge >= 0.3 is 0 Å². The zero-order valence-corrected chi connectivity index (χ0v) is 11.2. The minimum absolute atomic E-state index is 0.106. The van der Waals surface area contributed by atoms with Crippen LogP contribution in [0, 0.1) is 0 Å². The quantitative estimate of drug-likeness (QED) is 0.744. The molecule has 0 amide bonds. The van der Waals surface area contributed by atoms with Crippen molar-refractivity contribution in [3.63, 3.8) is 0 Å². The van der Waals surface area contributed by atoms with E-state index in [9.17, 15) is 0 Å². The smallest absolute Gasteiger partial charge is 0.133 e. The first-order chi connectivity index (χ1) is 8.03. The zero-order valence-electron chi connectivity index (χ0n) is 11.2. The van der Waals surface area contributed by atoms with Crippen molar-refractivity contribution in [3.8, 4) is 0 Å². The Bertz CT molecular complexity index is 315. The first kappa shape index (κ1) is 14.2. The number of nitrogens with one attached hydrogen (secondary N) is 1. The largest absolute Gasteiger partial charge is 0.467 e. The van der Waals surface area contributed by atoms with Gasteiger partial charge < -0.3 is 19.2 Å². The molecule has 98 valence electrons. The molecule has 0 atom stereocenters. The summed E-state index contributed by atoms with van der Waals surface area (Å²) in [4.78, 5) is 0. The van der Waals surface area contributed by atoms with Gasteiger partial charge in [0.1, 0.15) is 12.4 Å². The molecule has 1 N–H and O–H groups in total. The van der Waals surface area contributed by atoms with Crippen molar-refractivity contribution in [2.24, 2.45) is 0 Å². The maximum atomic E-state index is 5.56. The van der Waals surface area contributed by atoms with Crippen LogP contribution in [0.25, 0.3) is 0 Å². The summed E-state index contributed by atoms with van der Waals surface area (Å²) < 4.78 is 16.4. The molecular formula is C13H23NO3. The first-order valence-electron chi connectivity index (χ1n) is 5.94. The summed E-state index contributed by atoms with van der Waals surface area (Å²) >= 11 is 0. The van der Waals surface area contributed by atoms with E-state index in [1.165, 1.54) is 0 Å². The predicted molar refractivity (Wildman–Crippen MR) is 66.8 cm³/mol. The standard InChI is InChI=1S/C13H23NO3/c1-13(2,3)17-8-7-15-10-12-11(9-14-4)5-6-16-12/h5-6,14H,7-10H2,1-4H3. The van der Waals surface area contributed by atoms with Gasteiger partial charge in [-0.1, -0.05) is 0 Å². The molecule has 0 aliphatic heterocycles. The Morgan fingerprint density at radius 3 is 2.71 bits per heavy atom. The Hall–Kier alpha value is -0.840. The van der Waals surface area contributed by atoms with E-state index in [4.69, 9.17) is 13.9 Å². The van der Waals surface area contributed by atoms with Crippen molar-refractivity contribution in [2.45, 2.75) is 39.5 Å². The van der Waals surface area contributed by atoms with Gasteiger partial charge in [-0.15, -0.1) is 0 Å². The minimum atomic E-state index is -0.106. The monoisotopic (exact) mass is 241 g/mol. The summed E-state index contributed by atoms with van der Waals surface area (Å²) in [6.45, 7) is 8.58. The lowest BCUT2D eigenvalue weighted by Gasteiger charge is -2.19. The molecule has 0 aliphatic rings. The van der Waals surface area contributed by atoms with Crippen molar-refractivity contribution in [1.82, 2.24) is 5.32 Å². The van der Waals surface area contributed by atoms with Crippen molar-refractivity contribution in [2.75, 3.05) is 20.3 Å². The Kier molecular flexibility index (Phi) is 5.68. The second-order valence-corrected chi connectivity index (χ2v) is 4.91. The van der Waals surface area contributed by atoms with E-state index in [-0.39, 0.29) is 5.60 Å². The van der Waals surface area contributed by atoms with E-state index in [0.717, 1.165) is 17.9 Å². The number of hydrogen-bond acceptors (Lipinski definition) is 4. The van der Waals surface area contributed by atoms with Gasteiger partial charge in [0.2, 0.25) is 0 Å². The molecule has 17 heavy (non-hydrogen) atoms. The van der Waals surface area contributed by atoms with E-state index in [2.05, 4.69) is 5.32 Å². The van der Waals surface area contributed by atoms with Crippen molar-refractivity contribution >= 4 is 0 Å². The minimum Gasteiger partial charge on any atom is -0.467 e. The molecule has 0 radical (unpaired) electrons. The topological polar surface area (TPSA) is 43.6 Å². The Morgan fingerprint density at radius 1 is 1.29 bits per heavy atom. The highest BCUT2D eigenvalue weighted by atomic mass is 16.5. The highest BCUT2D eigenvalue weighted by Gasteiger charge is 2.09. The average Bonchev–Trinajstić information content (AvgIpc) is 2.64. The molecule has 1 heterocycles. The summed E-state index contributed by atoms with van der Waals surface area (Å²) in [6.07, 6.45) is 1.69. The third-order valence-electron chi connectivity index (χ3n) is 2.20. The second kappa shape index (κ2) is 6.79. The van der Waals surface area contributed by atoms with Crippen LogP contribution in [0.15, 0.2) is 16.7 Å². The van der Waals surface area contributed by atoms with E-state index in [0.29, 0.717) is 19.8 Å². The first-order valence-corrected chi connectivity index (χ1v) is 5.94. The SMILES string of the molecule is CNCc1ccoc1COCCOC(C)(C)C. The van der Waals surface area contributed by atoms with Crippen LogP contribution in [0.2, 0.25) is 0 Å². The van der Waals surface area contributed by atoms with Crippen LogP contribution in [0.1, 0.15) is 32.1 Å². The molecule has 0 bridgehead atoms. The lowest BCUT2D eigenvalue weighted by Crippen LogP contribution is -2.21. The Labute approximate surface area is 103 Å². The fourth-order valence-corrected chi connectivity index (χ4v) is 1.41. The molecule has 0 saturated carbocycles. The van der Waals surface area contributed by atoms with Crippen molar-refractivity contribution in [3.05, 3.63) is 23.7 Å². The third kappa shape index (κ3) is 5.86. The van der Waals surface area contributed by atoms with Gasteiger partial charge in [0.25, 0.3) is 0 Å². The maximum Gasteiger partial charge on any atom is 0.133 e. The fraction of sp³-hybridized carbons (Fsp3) is 0.692. The second-order valence-electron chi connectivity index (χ2n) is 4.91. The van der Waals surface area contributed by atoms with Gasteiger partial charge in [-0.3, -0.25) is 0 Å². The Morgan fingerprint density at radius 2 is 2.06 bits per heavy atom. The molecular weight excluding hydrogens is 218 g/mol. The van der Waals surface area contributed by atoms with Crippen molar-refractivity contribution in [1.29, 1.82) is 0 Å². The number of furan rings is 1. The molecule has 0 aromatic carbocycles. The summed E-state index contributed by atoms with van der Waals surface area (Å²) in [5.41, 5.74) is 1.04. The highest BCUT2D eigenvalue weighted by molar-refractivity contribution is 5.15. The van der Waals surface area contributed by atoms with Crippen molar-refractivity contribution < 1.29 is 13.9 Å². The molecule has 0 aliphatic carbocycles. The number of hydrogen-bond donors (Lipinski definition) is 1. The fourth-order valence-electron chi connectivity index (χ4n) is 1.41. The van der Waals surface area contributed by atoms with E-state index in [1.807, 2.05) is 33.9 Å². The molecule has 0 fully saturated rings. The van der Waals surface area contributed by atoms with E-state index >= 15 is 0 Å². The van der Waals surface area contributed by atoms with Gasteiger partial charge in [-0.2, -0.15) is 0 Å². The Balaban J connectivity index is 2.20. The van der Waals surface area contributed by atoms with E-state index < -0.39 is 0 Å². The maximum absolute atomic E-state index is 5.56. The van der Waals surface area contributed by atoms with Crippen LogP contribution in [-0.2, 0) is 22.6 Å². The normalized spacial score (nSPS) is 12.0. The van der Waals surface area contributed by atoms with Crippen LogP contribution >= 0.6 is 0 Å².